The van der Waals surface area contributed by atoms with Crippen molar-refractivity contribution in [2.45, 2.75) is 13.0 Å². The molecule has 0 saturated carbocycles. The second-order valence-corrected chi connectivity index (χ2v) is 1.68. The Morgan fingerprint density at radius 3 is 2.78 bits per heavy atom. The van der Waals surface area contributed by atoms with E-state index in [4.69, 9.17) is 10.2 Å². The van der Waals surface area contributed by atoms with Crippen LogP contribution in [0.2, 0.25) is 0 Å². The van der Waals surface area contributed by atoms with Gasteiger partial charge in [-0.25, -0.2) is 4.79 Å². The molecule has 1 unspecified atom stereocenters. The molecule has 0 fully saturated rings. The summed E-state index contributed by atoms with van der Waals surface area (Å²) in [4.78, 5) is 13.1. The monoisotopic (exact) mass is 131 g/mol. The van der Waals surface area contributed by atoms with Crippen LogP contribution in [0.5, 0.6) is 0 Å². The van der Waals surface area contributed by atoms with Crippen LogP contribution in [0.4, 0.5) is 0 Å². The second kappa shape index (κ2) is 4.03. The van der Waals surface area contributed by atoms with Crippen molar-refractivity contribution in [3.8, 4) is 0 Å². The molecule has 0 amide bonds. The summed E-state index contributed by atoms with van der Waals surface area (Å²) in [7, 11) is 0. The molecule has 0 aromatic rings. The van der Waals surface area contributed by atoms with Crippen molar-refractivity contribution in [3.63, 3.8) is 0 Å². The first-order valence-corrected chi connectivity index (χ1v) is 2.53. The van der Waals surface area contributed by atoms with Crippen molar-refractivity contribution < 1.29 is 15.0 Å². The molecule has 9 heavy (non-hydrogen) atoms. The van der Waals surface area contributed by atoms with Crippen LogP contribution in [-0.4, -0.2) is 35.0 Å². The summed E-state index contributed by atoms with van der Waals surface area (Å²) < 4.78 is 0. The molecule has 0 radical (unpaired) electrons. The summed E-state index contributed by atoms with van der Waals surface area (Å²) >= 11 is 0. The molecule has 0 spiro atoms. The molecule has 4 nitrogen and oxygen atoms in total. The number of carboxylic acid groups (broad SMARTS) is 1. The normalized spacial score (nSPS) is 14.0. The van der Waals surface area contributed by atoms with Gasteiger partial charge in [0.25, 0.3) is 0 Å². The van der Waals surface area contributed by atoms with Gasteiger partial charge in [0.15, 0.2) is 0 Å². The molecule has 0 bridgehead atoms. The third-order valence-electron chi connectivity index (χ3n) is 0.571. The van der Waals surface area contributed by atoms with E-state index in [1.807, 2.05) is 0 Å². The van der Waals surface area contributed by atoms with Gasteiger partial charge in [-0.1, -0.05) is 0 Å². The van der Waals surface area contributed by atoms with Crippen LogP contribution in [0.15, 0.2) is 4.99 Å². The van der Waals surface area contributed by atoms with Crippen LogP contribution in [0, 0.1) is 0 Å². The fraction of sp³-hybridized carbons (Fsp3) is 0.600. The molecule has 0 rings (SSSR count). The van der Waals surface area contributed by atoms with Crippen LogP contribution in [0.3, 0.4) is 0 Å². The average Bonchev–Trinajstić information content (AvgIpc) is 1.63. The second-order valence-electron chi connectivity index (χ2n) is 1.68. The van der Waals surface area contributed by atoms with Crippen LogP contribution in [-0.2, 0) is 4.79 Å². The van der Waals surface area contributed by atoms with Crippen LogP contribution in [0.25, 0.3) is 0 Å². The van der Waals surface area contributed by atoms with Gasteiger partial charge in [0.1, 0.15) is 6.21 Å². The first kappa shape index (κ1) is 8.10. The summed E-state index contributed by atoms with van der Waals surface area (Å²) in [5, 5.41) is 16.6. The summed E-state index contributed by atoms with van der Waals surface area (Å²) in [6, 6.07) is 0. The molecule has 0 aliphatic rings. The van der Waals surface area contributed by atoms with Gasteiger partial charge in [0.05, 0.1) is 12.6 Å². The maximum Gasteiger partial charge on any atom is 0.346 e. The molecule has 0 aliphatic heterocycles. The molecular weight excluding hydrogens is 122 g/mol. The Morgan fingerprint density at radius 1 is 1.89 bits per heavy atom. The van der Waals surface area contributed by atoms with Gasteiger partial charge < -0.3 is 10.2 Å². The van der Waals surface area contributed by atoms with E-state index in [0.717, 1.165) is 6.21 Å². The highest BCUT2D eigenvalue weighted by atomic mass is 16.4. The van der Waals surface area contributed by atoms with Gasteiger partial charge in [-0.05, 0) is 6.92 Å². The number of aliphatic imine (C=N–C) groups is 1. The van der Waals surface area contributed by atoms with Crippen LogP contribution >= 0.6 is 0 Å². The zero-order chi connectivity index (χ0) is 7.28. The summed E-state index contributed by atoms with van der Waals surface area (Å²) in [6.45, 7) is 1.69. The fourth-order valence-corrected chi connectivity index (χ4v) is 0.283. The molecule has 4 heteroatoms. The van der Waals surface area contributed by atoms with E-state index >= 15 is 0 Å². The van der Waals surface area contributed by atoms with Crippen molar-refractivity contribution in [2.24, 2.45) is 4.99 Å². The topological polar surface area (TPSA) is 69.9 Å². The van der Waals surface area contributed by atoms with E-state index in [-0.39, 0.29) is 6.54 Å². The molecule has 0 aromatic heterocycles. The summed E-state index contributed by atoms with van der Waals surface area (Å²) in [6.07, 6.45) is 0.202. The Bertz CT molecular complexity index is 119. The lowest BCUT2D eigenvalue weighted by atomic mass is 10.4. The summed E-state index contributed by atoms with van der Waals surface area (Å²) in [5.74, 6) is -1.09. The number of carboxylic acids is 1. The Morgan fingerprint density at radius 2 is 2.44 bits per heavy atom. The maximum atomic E-state index is 9.75. The average molecular weight is 131 g/mol. The van der Waals surface area contributed by atoms with E-state index in [0.29, 0.717) is 0 Å². The molecular formula is C5H9NO3. The predicted octanol–water partition coefficient (Wildman–Crippen LogP) is -0.477. The zero-order valence-corrected chi connectivity index (χ0v) is 5.11. The Kier molecular flexibility index (Phi) is 3.62. The van der Waals surface area contributed by atoms with E-state index in [2.05, 4.69) is 4.99 Å². The van der Waals surface area contributed by atoms with Crippen molar-refractivity contribution in [2.75, 3.05) is 6.54 Å². The van der Waals surface area contributed by atoms with Crippen molar-refractivity contribution in [1.82, 2.24) is 0 Å². The molecule has 2 N–H and O–H groups in total. The quantitative estimate of drug-likeness (QED) is 0.508. The van der Waals surface area contributed by atoms with Crippen LogP contribution in [0.1, 0.15) is 6.92 Å². The molecule has 0 aromatic carbocycles. The lowest BCUT2D eigenvalue weighted by Gasteiger charge is -1.93. The number of nitrogens with zero attached hydrogens (tertiary/aromatic N) is 1. The SMILES string of the molecule is CC(O)CN=CC(=O)O. The Labute approximate surface area is 52.8 Å². The largest absolute Gasteiger partial charge is 0.477 e. The van der Waals surface area contributed by atoms with Gasteiger partial charge in [-0.2, -0.15) is 0 Å². The van der Waals surface area contributed by atoms with Gasteiger partial charge in [-0.15, -0.1) is 0 Å². The minimum absolute atomic E-state index is 0.145. The molecule has 0 aliphatic carbocycles. The highest BCUT2D eigenvalue weighted by Gasteiger charge is 1.90. The van der Waals surface area contributed by atoms with E-state index in [9.17, 15) is 4.79 Å². The lowest BCUT2D eigenvalue weighted by molar-refractivity contribution is -0.128. The number of aliphatic hydroxyl groups is 1. The van der Waals surface area contributed by atoms with Gasteiger partial charge in [0.2, 0.25) is 0 Å². The van der Waals surface area contributed by atoms with Crippen molar-refractivity contribution >= 4 is 12.2 Å². The van der Waals surface area contributed by atoms with E-state index in [1.54, 1.807) is 6.92 Å². The minimum Gasteiger partial charge on any atom is -0.477 e. The van der Waals surface area contributed by atoms with Gasteiger partial charge in [-0.3, -0.25) is 4.99 Å². The number of aliphatic carboxylic acids is 1. The summed E-state index contributed by atoms with van der Waals surface area (Å²) in [5.41, 5.74) is 0. The third-order valence-corrected chi connectivity index (χ3v) is 0.571. The zero-order valence-electron chi connectivity index (χ0n) is 5.11. The number of hydrogen-bond acceptors (Lipinski definition) is 3. The first-order valence-electron chi connectivity index (χ1n) is 2.53. The molecule has 1 atom stereocenters. The highest BCUT2D eigenvalue weighted by Crippen LogP contribution is 1.78. The number of rotatable bonds is 3. The van der Waals surface area contributed by atoms with Gasteiger partial charge in [0, 0.05) is 0 Å². The van der Waals surface area contributed by atoms with Crippen LogP contribution < -0.4 is 0 Å². The third kappa shape index (κ3) is 7.10. The fourth-order valence-electron chi connectivity index (χ4n) is 0.283. The van der Waals surface area contributed by atoms with Gasteiger partial charge >= 0.3 is 5.97 Å². The maximum absolute atomic E-state index is 9.75. The van der Waals surface area contributed by atoms with E-state index < -0.39 is 12.1 Å². The molecule has 0 saturated heterocycles. The Hall–Kier alpha value is -0.900. The smallest absolute Gasteiger partial charge is 0.346 e. The molecule has 0 heterocycles. The number of aliphatic hydroxyl groups excluding tert-OH is 1. The number of carbonyl (C=O) groups is 1. The first-order chi connectivity index (χ1) is 4.13. The number of hydrogen-bond donors (Lipinski definition) is 2. The van der Waals surface area contributed by atoms with Crippen molar-refractivity contribution in [1.29, 1.82) is 0 Å². The highest BCUT2D eigenvalue weighted by molar-refractivity contribution is 6.21. The predicted molar refractivity (Wildman–Crippen MR) is 32.7 cm³/mol. The molecule has 52 valence electrons. The van der Waals surface area contributed by atoms with Crippen molar-refractivity contribution in [3.05, 3.63) is 0 Å². The Balaban J connectivity index is 3.36. The standard InChI is InChI=1S/C5H9NO3/c1-4(7)2-6-3-5(8)9/h3-4,7H,2H2,1H3,(H,8,9). The lowest BCUT2D eigenvalue weighted by Crippen LogP contribution is -2.05. The van der Waals surface area contributed by atoms with E-state index in [1.165, 1.54) is 0 Å². The minimum atomic E-state index is -1.09.